The molecule has 0 aliphatic rings. The Morgan fingerprint density at radius 3 is 2.50 bits per heavy atom. The number of aryl methyl sites for hydroxylation is 1. The topological polar surface area (TPSA) is 76.5 Å². The molecule has 1 aromatic heterocycles. The molecule has 2 aromatic rings. The van der Waals surface area contributed by atoms with E-state index in [9.17, 15) is 4.79 Å². The van der Waals surface area contributed by atoms with E-state index in [0.29, 0.717) is 11.5 Å². The molecule has 20 heavy (non-hydrogen) atoms. The van der Waals surface area contributed by atoms with Gasteiger partial charge in [-0.05, 0) is 24.6 Å². The van der Waals surface area contributed by atoms with Gasteiger partial charge in [0, 0.05) is 19.7 Å². The first-order valence-electron chi connectivity index (χ1n) is 6.15. The monoisotopic (exact) mass is 271 g/mol. The van der Waals surface area contributed by atoms with Crippen LogP contribution in [-0.4, -0.2) is 40.8 Å². The summed E-state index contributed by atoms with van der Waals surface area (Å²) in [5.74, 6) is 0.320. The molecule has 6 heteroatoms. The standard InChI is InChI=1S/C14H17N5O/c1-10-9-19(14(15)17-10)16-8-11-4-6-12(7-5-11)13(20)18(2)3/h4-9H,1-3H3,(H2,15,17). The van der Waals surface area contributed by atoms with Gasteiger partial charge in [-0.25, -0.2) is 9.66 Å². The van der Waals surface area contributed by atoms with Crippen LogP contribution >= 0.6 is 0 Å². The predicted octanol–water partition coefficient (Wildman–Crippen LogP) is 1.36. The average molecular weight is 271 g/mol. The average Bonchev–Trinajstić information content (AvgIpc) is 2.74. The zero-order valence-electron chi connectivity index (χ0n) is 11.7. The van der Waals surface area contributed by atoms with Crippen molar-refractivity contribution in [2.24, 2.45) is 5.10 Å². The lowest BCUT2D eigenvalue weighted by Crippen LogP contribution is -2.21. The summed E-state index contributed by atoms with van der Waals surface area (Å²) in [6, 6.07) is 7.21. The van der Waals surface area contributed by atoms with E-state index in [1.54, 1.807) is 38.6 Å². The Bertz CT molecular complexity index is 640. The van der Waals surface area contributed by atoms with Crippen molar-refractivity contribution in [1.82, 2.24) is 14.6 Å². The number of rotatable bonds is 3. The van der Waals surface area contributed by atoms with Crippen LogP contribution in [0.25, 0.3) is 0 Å². The van der Waals surface area contributed by atoms with E-state index in [1.165, 1.54) is 9.58 Å². The molecule has 1 amide bonds. The maximum Gasteiger partial charge on any atom is 0.253 e. The van der Waals surface area contributed by atoms with Gasteiger partial charge in [-0.1, -0.05) is 12.1 Å². The molecule has 1 aromatic carbocycles. The van der Waals surface area contributed by atoms with Gasteiger partial charge in [0.15, 0.2) is 0 Å². The summed E-state index contributed by atoms with van der Waals surface area (Å²) in [6.07, 6.45) is 3.41. The zero-order valence-corrected chi connectivity index (χ0v) is 11.7. The molecule has 104 valence electrons. The van der Waals surface area contributed by atoms with Gasteiger partial charge in [-0.2, -0.15) is 5.10 Å². The van der Waals surface area contributed by atoms with Crippen LogP contribution in [0.1, 0.15) is 21.6 Å². The van der Waals surface area contributed by atoms with E-state index in [2.05, 4.69) is 10.1 Å². The Balaban J connectivity index is 2.15. The van der Waals surface area contributed by atoms with Crippen LogP contribution in [0.3, 0.4) is 0 Å². The zero-order chi connectivity index (χ0) is 14.7. The van der Waals surface area contributed by atoms with Crippen LogP contribution in [0.15, 0.2) is 35.6 Å². The molecule has 2 rings (SSSR count). The lowest BCUT2D eigenvalue weighted by molar-refractivity contribution is 0.0827. The summed E-state index contributed by atoms with van der Waals surface area (Å²) in [5.41, 5.74) is 8.03. The number of imidazole rings is 1. The molecule has 0 unspecified atom stereocenters. The van der Waals surface area contributed by atoms with Crippen LogP contribution in [0.4, 0.5) is 5.95 Å². The van der Waals surface area contributed by atoms with E-state index in [0.717, 1.165) is 11.3 Å². The third-order valence-electron chi connectivity index (χ3n) is 2.73. The molecule has 0 saturated heterocycles. The molecule has 0 bridgehead atoms. The quantitative estimate of drug-likeness (QED) is 0.856. The van der Waals surface area contributed by atoms with Crippen molar-refractivity contribution < 1.29 is 4.79 Å². The number of carbonyl (C=O) groups is 1. The number of hydrogen-bond acceptors (Lipinski definition) is 4. The highest BCUT2D eigenvalue weighted by Crippen LogP contribution is 2.06. The number of aromatic nitrogens is 2. The Morgan fingerprint density at radius 1 is 1.35 bits per heavy atom. The van der Waals surface area contributed by atoms with Gasteiger partial charge in [0.1, 0.15) is 0 Å². The maximum atomic E-state index is 11.7. The van der Waals surface area contributed by atoms with Gasteiger partial charge in [0.25, 0.3) is 5.91 Å². The second kappa shape index (κ2) is 5.56. The Hall–Kier alpha value is -2.63. The van der Waals surface area contributed by atoms with Crippen LogP contribution in [0.5, 0.6) is 0 Å². The SMILES string of the molecule is Cc1cn(N=Cc2ccc(C(=O)N(C)C)cc2)c(N)n1. The fraction of sp³-hybridized carbons (Fsp3) is 0.214. The molecular formula is C14H17N5O. The highest BCUT2D eigenvalue weighted by molar-refractivity contribution is 5.94. The van der Waals surface area contributed by atoms with Gasteiger partial charge in [0.2, 0.25) is 5.95 Å². The first-order valence-corrected chi connectivity index (χ1v) is 6.15. The van der Waals surface area contributed by atoms with Gasteiger partial charge >= 0.3 is 0 Å². The van der Waals surface area contributed by atoms with Crippen LogP contribution < -0.4 is 5.73 Å². The van der Waals surface area contributed by atoms with E-state index < -0.39 is 0 Å². The second-order valence-electron chi connectivity index (χ2n) is 4.65. The highest BCUT2D eigenvalue weighted by Gasteiger charge is 2.06. The molecule has 0 spiro atoms. The first-order chi connectivity index (χ1) is 9.47. The first kappa shape index (κ1) is 13.8. The summed E-state index contributed by atoms with van der Waals surface area (Å²) >= 11 is 0. The summed E-state index contributed by atoms with van der Waals surface area (Å²) < 4.78 is 1.51. The fourth-order valence-electron chi connectivity index (χ4n) is 1.70. The summed E-state index contributed by atoms with van der Waals surface area (Å²) in [6.45, 7) is 1.85. The van der Waals surface area contributed by atoms with Gasteiger partial charge < -0.3 is 10.6 Å². The number of anilines is 1. The van der Waals surface area contributed by atoms with Crippen LogP contribution in [-0.2, 0) is 0 Å². The van der Waals surface area contributed by atoms with Crippen LogP contribution in [0.2, 0.25) is 0 Å². The number of hydrogen-bond donors (Lipinski definition) is 1. The van der Waals surface area contributed by atoms with E-state index >= 15 is 0 Å². The molecule has 0 saturated carbocycles. The van der Waals surface area contributed by atoms with Crippen molar-refractivity contribution in [1.29, 1.82) is 0 Å². The fourth-order valence-corrected chi connectivity index (χ4v) is 1.70. The number of nitrogens with two attached hydrogens (primary N) is 1. The Morgan fingerprint density at radius 2 is 2.00 bits per heavy atom. The molecule has 1 heterocycles. The van der Waals surface area contributed by atoms with E-state index in [-0.39, 0.29) is 5.91 Å². The molecule has 2 N–H and O–H groups in total. The Kier molecular flexibility index (Phi) is 3.84. The van der Waals surface area contributed by atoms with Gasteiger partial charge in [-0.15, -0.1) is 0 Å². The lowest BCUT2D eigenvalue weighted by Gasteiger charge is -2.09. The molecule has 0 aliphatic heterocycles. The minimum absolute atomic E-state index is 0.0250. The molecule has 6 nitrogen and oxygen atoms in total. The number of benzene rings is 1. The van der Waals surface area contributed by atoms with Crippen molar-refractivity contribution >= 4 is 18.1 Å². The minimum Gasteiger partial charge on any atom is -0.368 e. The summed E-state index contributed by atoms with van der Waals surface area (Å²) in [7, 11) is 3.45. The molecule has 0 radical (unpaired) electrons. The van der Waals surface area contributed by atoms with Crippen molar-refractivity contribution in [2.45, 2.75) is 6.92 Å². The normalized spacial score (nSPS) is 10.9. The third kappa shape index (κ3) is 3.03. The Labute approximate surface area is 117 Å². The van der Waals surface area contributed by atoms with Crippen LogP contribution in [0, 0.1) is 6.92 Å². The molecule has 0 atom stereocenters. The van der Waals surface area contributed by atoms with E-state index in [1.807, 2.05) is 19.1 Å². The lowest BCUT2D eigenvalue weighted by atomic mass is 10.1. The smallest absolute Gasteiger partial charge is 0.253 e. The number of carbonyl (C=O) groups excluding carboxylic acids is 1. The molecule has 0 fully saturated rings. The molecule has 0 aliphatic carbocycles. The van der Waals surface area contributed by atoms with E-state index in [4.69, 9.17) is 5.73 Å². The maximum absolute atomic E-state index is 11.7. The van der Waals surface area contributed by atoms with Crippen molar-refractivity contribution in [3.05, 3.63) is 47.3 Å². The van der Waals surface area contributed by atoms with Crippen molar-refractivity contribution in [3.8, 4) is 0 Å². The predicted molar refractivity (Wildman–Crippen MR) is 78.8 cm³/mol. The highest BCUT2D eigenvalue weighted by atomic mass is 16.2. The summed E-state index contributed by atoms with van der Waals surface area (Å²) in [4.78, 5) is 17.3. The number of nitrogens with zero attached hydrogens (tertiary/aromatic N) is 4. The van der Waals surface area contributed by atoms with Crippen molar-refractivity contribution in [3.63, 3.8) is 0 Å². The van der Waals surface area contributed by atoms with Crippen molar-refractivity contribution in [2.75, 3.05) is 19.8 Å². The molecular weight excluding hydrogens is 254 g/mol. The van der Waals surface area contributed by atoms with Gasteiger partial charge in [-0.3, -0.25) is 4.79 Å². The summed E-state index contributed by atoms with van der Waals surface area (Å²) in [5, 5.41) is 4.22. The van der Waals surface area contributed by atoms with Gasteiger partial charge in [0.05, 0.1) is 18.1 Å². The number of nitrogen functional groups attached to an aromatic ring is 1. The largest absolute Gasteiger partial charge is 0.368 e. The number of amides is 1. The second-order valence-corrected chi connectivity index (χ2v) is 4.65. The minimum atomic E-state index is -0.0250. The third-order valence-corrected chi connectivity index (χ3v) is 2.73.